The molecule has 21 heavy (non-hydrogen) atoms. The van der Waals surface area contributed by atoms with E-state index in [4.69, 9.17) is 10.3 Å². The summed E-state index contributed by atoms with van der Waals surface area (Å²) in [5, 5.41) is 6.76. The number of azide groups is 1. The molecule has 1 rings (SSSR count). The fourth-order valence-corrected chi connectivity index (χ4v) is 2.70. The van der Waals surface area contributed by atoms with Crippen molar-refractivity contribution in [2.24, 2.45) is 5.11 Å². The van der Waals surface area contributed by atoms with E-state index in [9.17, 15) is 4.79 Å². The van der Waals surface area contributed by atoms with Gasteiger partial charge in [0, 0.05) is 11.8 Å². The Hall–Kier alpha value is -1.52. The second kappa shape index (κ2) is 8.70. The maximum atomic E-state index is 11.5. The summed E-state index contributed by atoms with van der Waals surface area (Å²) in [6.07, 6.45) is 5.40. The Morgan fingerprint density at radius 2 is 2.19 bits per heavy atom. The van der Waals surface area contributed by atoms with Gasteiger partial charge in [-0.3, -0.25) is 4.79 Å². The van der Waals surface area contributed by atoms with Crippen molar-refractivity contribution in [3.8, 4) is 0 Å². The molecule has 0 spiro atoms. The molecule has 0 bridgehead atoms. The molecular formula is C15H26N4O2. The third-order valence-corrected chi connectivity index (χ3v) is 3.92. The van der Waals surface area contributed by atoms with E-state index >= 15 is 0 Å². The SMILES string of the molecule is CCC1=C[C@@H](OC(CC)CC)[C@H](NC(C)=O)[C@@H](N=[N+]=[N-])C1. The van der Waals surface area contributed by atoms with Gasteiger partial charge in [0.05, 0.1) is 24.3 Å². The molecule has 3 atom stereocenters. The monoisotopic (exact) mass is 294 g/mol. The zero-order valence-electron chi connectivity index (χ0n) is 13.4. The van der Waals surface area contributed by atoms with E-state index in [0.717, 1.165) is 19.3 Å². The van der Waals surface area contributed by atoms with E-state index in [1.165, 1.54) is 12.5 Å². The smallest absolute Gasteiger partial charge is 0.217 e. The van der Waals surface area contributed by atoms with Gasteiger partial charge in [0.25, 0.3) is 0 Å². The minimum Gasteiger partial charge on any atom is -0.369 e. The molecule has 1 amide bonds. The first kappa shape index (κ1) is 17.5. The van der Waals surface area contributed by atoms with Crippen LogP contribution in [0.15, 0.2) is 16.8 Å². The van der Waals surface area contributed by atoms with Crippen molar-refractivity contribution in [2.75, 3.05) is 0 Å². The summed E-state index contributed by atoms with van der Waals surface area (Å²) in [5.74, 6) is -0.135. The molecule has 6 heteroatoms. The maximum absolute atomic E-state index is 11.5. The number of nitrogens with zero attached hydrogens (tertiary/aromatic N) is 3. The van der Waals surface area contributed by atoms with Gasteiger partial charge in [-0.25, -0.2) is 0 Å². The molecule has 0 aromatic heterocycles. The first-order valence-electron chi connectivity index (χ1n) is 7.71. The summed E-state index contributed by atoms with van der Waals surface area (Å²) < 4.78 is 6.14. The Labute approximate surface area is 126 Å². The summed E-state index contributed by atoms with van der Waals surface area (Å²) in [6.45, 7) is 7.71. The Morgan fingerprint density at radius 3 is 2.67 bits per heavy atom. The van der Waals surface area contributed by atoms with Crippen LogP contribution in [0.5, 0.6) is 0 Å². The van der Waals surface area contributed by atoms with Gasteiger partial charge < -0.3 is 10.1 Å². The fourth-order valence-electron chi connectivity index (χ4n) is 2.70. The van der Waals surface area contributed by atoms with Gasteiger partial charge in [0.2, 0.25) is 5.91 Å². The predicted octanol–water partition coefficient (Wildman–Crippen LogP) is 3.48. The van der Waals surface area contributed by atoms with Crippen molar-refractivity contribution in [3.05, 3.63) is 22.1 Å². The predicted molar refractivity (Wildman–Crippen MR) is 82.8 cm³/mol. The number of nitrogens with one attached hydrogen (secondary N) is 1. The minimum atomic E-state index is -0.297. The third-order valence-electron chi connectivity index (χ3n) is 3.92. The van der Waals surface area contributed by atoms with Crippen LogP contribution in [0.3, 0.4) is 0 Å². The van der Waals surface area contributed by atoms with E-state index in [1.807, 2.05) is 0 Å². The van der Waals surface area contributed by atoms with Crippen LogP contribution in [0.4, 0.5) is 0 Å². The molecule has 1 aliphatic carbocycles. The highest BCUT2D eigenvalue weighted by atomic mass is 16.5. The maximum Gasteiger partial charge on any atom is 0.217 e. The zero-order valence-corrected chi connectivity index (χ0v) is 13.4. The number of hydrogen-bond acceptors (Lipinski definition) is 3. The molecule has 1 N–H and O–H groups in total. The van der Waals surface area contributed by atoms with E-state index in [1.54, 1.807) is 0 Å². The second-order valence-corrected chi connectivity index (χ2v) is 5.42. The van der Waals surface area contributed by atoms with Crippen LogP contribution in [0.2, 0.25) is 0 Å². The first-order chi connectivity index (χ1) is 10.0. The van der Waals surface area contributed by atoms with Gasteiger partial charge in [0.15, 0.2) is 0 Å². The highest BCUT2D eigenvalue weighted by Crippen LogP contribution is 2.27. The molecule has 0 heterocycles. The molecular weight excluding hydrogens is 268 g/mol. The molecule has 1 aliphatic rings. The molecule has 118 valence electrons. The molecule has 0 aliphatic heterocycles. The van der Waals surface area contributed by atoms with Gasteiger partial charge in [-0.05, 0) is 31.2 Å². The lowest BCUT2D eigenvalue weighted by atomic mass is 9.87. The van der Waals surface area contributed by atoms with E-state index < -0.39 is 0 Å². The van der Waals surface area contributed by atoms with Crippen molar-refractivity contribution >= 4 is 5.91 Å². The molecule has 0 unspecified atom stereocenters. The second-order valence-electron chi connectivity index (χ2n) is 5.42. The number of hydrogen-bond donors (Lipinski definition) is 1. The Bertz CT molecular complexity index is 425. The van der Waals surface area contributed by atoms with E-state index in [0.29, 0.717) is 6.42 Å². The molecule has 0 radical (unpaired) electrons. The minimum absolute atomic E-state index is 0.135. The van der Waals surface area contributed by atoms with Gasteiger partial charge in [-0.2, -0.15) is 0 Å². The lowest BCUT2D eigenvalue weighted by Gasteiger charge is -2.36. The molecule has 0 aromatic carbocycles. The molecule has 0 saturated heterocycles. The first-order valence-corrected chi connectivity index (χ1v) is 7.71. The normalized spacial score (nSPS) is 25.2. The van der Waals surface area contributed by atoms with Crippen molar-refractivity contribution in [1.82, 2.24) is 5.32 Å². The highest BCUT2D eigenvalue weighted by molar-refractivity contribution is 5.73. The molecule has 6 nitrogen and oxygen atoms in total. The van der Waals surface area contributed by atoms with Crippen LogP contribution >= 0.6 is 0 Å². The van der Waals surface area contributed by atoms with Crippen LogP contribution < -0.4 is 5.32 Å². The van der Waals surface area contributed by atoms with Crippen LogP contribution in [-0.4, -0.2) is 30.2 Å². The van der Waals surface area contributed by atoms with Gasteiger partial charge in [-0.15, -0.1) is 0 Å². The summed E-state index contributed by atoms with van der Waals surface area (Å²) in [6, 6.07) is -0.590. The van der Waals surface area contributed by atoms with Crippen molar-refractivity contribution in [2.45, 2.75) is 77.7 Å². The largest absolute Gasteiger partial charge is 0.369 e. The Kier molecular flexibility index (Phi) is 7.26. The van der Waals surface area contributed by atoms with Crippen molar-refractivity contribution in [1.29, 1.82) is 0 Å². The lowest BCUT2D eigenvalue weighted by molar-refractivity contribution is -0.121. The Morgan fingerprint density at radius 1 is 1.52 bits per heavy atom. The topological polar surface area (TPSA) is 87.1 Å². The molecule has 0 aromatic rings. The standard InChI is InChI=1S/C15H26N4O2/c1-5-11-8-13(18-19-16)15(17-10(4)20)14(9-11)21-12(6-2)7-3/h9,12-15H,5-8H2,1-4H3,(H,17,20)/t13-,14+,15+/m0/s1. The summed E-state index contributed by atoms with van der Waals surface area (Å²) in [7, 11) is 0. The van der Waals surface area contributed by atoms with Crippen molar-refractivity contribution < 1.29 is 9.53 Å². The summed E-state index contributed by atoms with van der Waals surface area (Å²) in [5.41, 5.74) is 9.99. The molecule has 0 fully saturated rings. The van der Waals surface area contributed by atoms with E-state index in [-0.39, 0.29) is 30.2 Å². The molecule has 0 saturated carbocycles. The van der Waals surface area contributed by atoms with E-state index in [2.05, 4.69) is 42.2 Å². The van der Waals surface area contributed by atoms with Crippen LogP contribution in [0.1, 0.15) is 53.4 Å². The van der Waals surface area contributed by atoms with Gasteiger partial charge >= 0.3 is 0 Å². The number of rotatable bonds is 7. The summed E-state index contributed by atoms with van der Waals surface area (Å²) >= 11 is 0. The van der Waals surface area contributed by atoms with Crippen LogP contribution in [0.25, 0.3) is 10.4 Å². The Balaban J connectivity index is 3.03. The lowest BCUT2D eigenvalue weighted by Crippen LogP contribution is -2.52. The zero-order chi connectivity index (χ0) is 15.8. The summed E-state index contributed by atoms with van der Waals surface area (Å²) in [4.78, 5) is 14.4. The van der Waals surface area contributed by atoms with Gasteiger partial charge in [0.1, 0.15) is 0 Å². The van der Waals surface area contributed by atoms with Crippen LogP contribution in [0, 0.1) is 0 Å². The average Bonchev–Trinajstić information content (AvgIpc) is 2.47. The number of carbonyl (C=O) groups excluding carboxylic acids is 1. The third kappa shape index (κ3) is 5.06. The fraction of sp³-hybridized carbons (Fsp3) is 0.800. The van der Waals surface area contributed by atoms with Crippen LogP contribution in [-0.2, 0) is 9.53 Å². The highest BCUT2D eigenvalue weighted by Gasteiger charge is 2.34. The number of amides is 1. The van der Waals surface area contributed by atoms with Gasteiger partial charge in [-0.1, -0.05) is 37.5 Å². The number of carbonyl (C=O) groups is 1. The quantitative estimate of drug-likeness (QED) is 0.337. The van der Waals surface area contributed by atoms with Crippen molar-refractivity contribution in [3.63, 3.8) is 0 Å². The number of ether oxygens (including phenoxy) is 1. The average molecular weight is 294 g/mol.